The van der Waals surface area contributed by atoms with Crippen LogP contribution in [0.3, 0.4) is 0 Å². The predicted molar refractivity (Wildman–Crippen MR) is 125 cm³/mol. The molecule has 1 saturated heterocycles. The van der Waals surface area contributed by atoms with Crippen molar-refractivity contribution in [1.29, 1.82) is 0 Å². The molecule has 2 saturated carbocycles. The van der Waals surface area contributed by atoms with Crippen LogP contribution in [0.4, 0.5) is 4.79 Å². The van der Waals surface area contributed by atoms with Crippen molar-refractivity contribution in [1.82, 2.24) is 20.9 Å². The molecule has 0 aromatic carbocycles. The number of hydrogen-bond donors (Lipinski definition) is 4. The molecule has 3 aliphatic rings. The van der Waals surface area contributed by atoms with Gasteiger partial charge in [0.1, 0.15) is 12.1 Å². The number of nitrogens with one attached hydrogen (secondary N) is 3. The van der Waals surface area contributed by atoms with Gasteiger partial charge in [0.05, 0.1) is 6.04 Å². The zero-order valence-corrected chi connectivity index (χ0v) is 21.1. The summed E-state index contributed by atoms with van der Waals surface area (Å²) in [5.41, 5.74) is 4.53. The van der Waals surface area contributed by atoms with E-state index in [0.29, 0.717) is 13.0 Å². The van der Waals surface area contributed by atoms with Gasteiger partial charge in [-0.1, -0.05) is 53.9 Å². The molecule has 0 bridgehead atoms. The first-order valence-corrected chi connectivity index (χ1v) is 12.1. The molecular formula is C24H39N5O5. The Morgan fingerprint density at radius 1 is 1.09 bits per heavy atom. The topological polar surface area (TPSA) is 151 Å². The Morgan fingerprint density at radius 2 is 1.71 bits per heavy atom. The van der Waals surface area contributed by atoms with Crippen molar-refractivity contribution in [2.45, 2.75) is 78.4 Å². The summed E-state index contributed by atoms with van der Waals surface area (Å²) in [5.74, 6) is -2.32. The predicted octanol–water partition coefficient (Wildman–Crippen LogP) is 0.543. The van der Waals surface area contributed by atoms with Gasteiger partial charge in [-0.2, -0.15) is 0 Å². The lowest BCUT2D eigenvalue weighted by molar-refractivity contribution is -0.145. The van der Waals surface area contributed by atoms with Gasteiger partial charge in [-0.05, 0) is 35.0 Å². The number of rotatable bonds is 8. The summed E-state index contributed by atoms with van der Waals surface area (Å²) in [6.45, 7) is 10.1. The third-order valence-corrected chi connectivity index (χ3v) is 8.05. The average Bonchev–Trinajstić information content (AvgIpc) is 3.06. The number of urea groups is 1. The number of primary amides is 1. The van der Waals surface area contributed by atoms with Gasteiger partial charge in [0.15, 0.2) is 0 Å². The monoisotopic (exact) mass is 477 g/mol. The van der Waals surface area contributed by atoms with E-state index < -0.39 is 47.2 Å². The van der Waals surface area contributed by atoms with E-state index in [9.17, 15) is 24.0 Å². The molecule has 190 valence electrons. The molecule has 0 spiro atoms. The van der Waals surface area contributed by atoms with Crippen molar-refractivity contribution in [2.75, 3.05) is 13.6 Å². The van der Waals surface area contributed by atoms with Gasteiger partial charge in [-0.15, -0.1) is 0 Å². The summed E-state index contributed by atoms with van der Waals surface area (Å²) in [4.78, 5) is 64.9. The first kappa shape index (κ1) is 26.0. The van der Waals surface area contributed by atoms with E-state index in [1.807, 2.05) is 20.8 Å². The fraction of sp³-hybridized carbons (Fsp3) is 0.792. The molecule has 1 unspecified atom stereocenters. The summed E-state index contributed by atoms with van der Waals surface area (Å²) in [5, 5.41) is 7.96. The Labute approximate surface area is 201 Å². The molecule has 5 N–H and O–H groups in total. The standard InChI is InChI=1S/C24H39N5O5/c1-23(2,3)18(28-22(34)26-6)21(33)29-11-13-15(24(13,4)5)16(29)20(32)27-14(17(30)19(25)31)10-12-8-7-9-12/h12-16,18H,7-11H2,1-6H3,(H2,25,31)(H,27,32)(H2,26,28,34)/t13-,14?,15-,16-,18+/m0/s1. The molecule has 0 aromatic rings. The number of carbonyl (C=O) groups excluding carboxylic acids is 5. The summed E-state index contributed by atoms with van der Waals surface area (Å²) >= 11 is 0. The minimum absolute atomic E-state index is 0.0647. The van der Waals surface area contributed by atoms with E-state index in [2.05, 4.69) is 29.8 Å². The summed E-state index contributed by atoms with van der Waals surface area (Å²) < 4.78 is 0. The van der Waals surface area contributed by atoms with Crippen molar-refractivity contribution < 1.29 is 24.0 Å². The van der Waals surface area contributed by atoms with Gasteiger partial charge < -0.3 is 26.6 Å². The van der Waals surface area contributed by atoms with Crippen molar-refractivity contribution in [3.63, 3.8) is 0 Å². The maximum absolute atomic E-state index is 13.7. The van der Waals surface area contributed by atoms with Crippen LogP contribution in [0.5, 0.6) is 0 Å². The highest BCUT2D eigenvalue weighted by Gasteiger charge is 2.69. The third-order valence-electron chi connectivity index (χ3n) is 8.05. The van der Waals surface area contributed by atoms with Gasteiger partial charge in [-0.25, -0.2) is 4.79 Å². The van der Waals surface area contributed by atoms with Gasteiger partial charge in [0.2, 0.25) is 17.6 Å². The molecule has 3 rings (SSSR count). The van der Waals surface area contributed by atoms with E-state index in [4.69, 9.17) is 5.73 Å². The van der Waals surface area contributed by atoms with Crippen LogP contribution in [0.15, 0.2) is 0 Å². The molecule has 5 amide bonds. The van der Waals surface area contributed by atoms with Crippen LogP contribution in [-0.2, 0) is 19.2 Å². The summed E-state index contributed by atoms with van der Waals surface area (Å²) in [6.07, 6.45) is 3.32. The smallest absolute Gasteiger partial charge is 0.315 e. The number of piperidine rings is 1. The minimum Gasteiger partial charge on any atom is -0.363 e. The second-order valence-electron chi connectivity index (χ2n) is 11.7. The Kier molecular flexibility index (Phi) is 7.01. The van der Waals surface area contributed by atoms with Crippen LogP contribution in [-0.4, -0.2) is 66.2 Å². The minimum atomic E-state index is -1.07. The second kappa shape index (κ2) is 9.19. The van der Waals surface area contributed by atoms with Crippen LogP contribution >= 0.6 is 0 Å². The lowest BCUT2D eigenvalue weighted by Gasteiger charge is -2.38. The van der Waals surface area contributed by atoms with Crippen LogP contribution in [0.25, 0.3) is 0 Å². The summed E-state index contributed by atoms with van der Waals surface area (Å²) in [6, 6.07) is -3.10. The number of nitrogens with zero attached hydrogens (tertiary/aromatic N) is 1. The Bertz CT molecular complexity index is 875. The van der Waals surface area contributed by atoms with E-state index in [1.165, 1.54) is 11.9 Å². The highest BCUT2D eigenvalue weighted by molar-refractivity contribution is 6.37. The van der Waals surface area contributed by atoms with Gasteiger partial charge in [-0.3, -0.25) is 19.2 Å². The van der Waals surface area contributed by atoms with Crippen molar-refractivity contribution >= 4 is 29.5 Å². The molecule has 10 heteroatoms. The maximum Gasteiger partial charge on any atom is 0.315 e. The second-order valence-corrected chi connectivity index (χ2v) is 11.7. The molecule has 3 fully saturated rings. The molecule has 2 aliphatic carbocycles. The van der Waals surface area contributed by atoms with Crippen molar-refractivity contribution in [2.24, 2.45) is 34.3 Å². The van der Waals surface area contributed by atoms with E-state index >= 15 is 0 Å². The van der Waals surface area contributed by atoms with Gasteiger partial charge in [0, 0.05) is 13.6 Å². The molecule has 5 atom stereocenters. The Hall–Kier alpha value is -2.65. The first-order valence-electron chi connectivity index (χ1n) is 12.1. The van der Waals surface area contributed by atoms with E-state index in [1.54, 1.807) is 0 Å². The van der Waals surface area contributed by atoms with Crippen molar-refractivity contribution in [3.8, 4) is 0 Å². The van der Waals surface area contributed by atoms with Gasteiger partial charge in [0.25, 0.3) is 5.91 Å². The highest BCUT2D eigenvalue weighted by Crippen LogP contribution is 2.65. The largest absolute Gasteiger partial charge is 0.363 e. The zero-order chi connectivity index (χ0) is 25.6. The number of Topliss-reactive ketones (excluding diaryl/α,β-unsaturated/α-hetero) is 1. The van der Waals surface area contributed by atoms with Crippen LogP contribution < -0.4 is 21.7 Å². The van der Waals surface area contributed by atoms with Gasteiger partial charge >= 0.3 is 6.03 Å². The number of fused-ring (bicyclic) bond motifs is 1. The van der Waals surface area contributed by atoms with Crippen LogP contribution in [0.2, 0.25) is 0 Å². The molecule has 0 aromatic heterocycles. The number of amides is 5. The average molecular weight is 478 g/mol. The highest BCUT2D eigenvalue weighted by atomic mass is 16.2. The fourth-order valence-electron chi connectivity index (χ4n) is 5.55. The molecule has 0 radical (unpaired) electrons. The Balaban J connectivity index is 1.84. The lowest BCUT2D eigenvalue weighted by atomic mass is 9.80. The van der Waals surface area contributed by atoms with E-state index in [-0.39, 0.29) is 29.1 Å². The normalized spacial score (nSPS) is 27.0. The molecule has 1 heterocycles. The SMILES string of the molecule is CNC(=O)N[C@H](C(=O)N1C[C@H]2[C@@H]([C@H]1C(=O)NC(CC1CCC1)C(=O)C(N)=O)C2(C)C)C(C)(C)C. The number of nitrogens with two attached hydrogens (primary N) is 1. The number of hydrogen-bond acceptors (Lipinski definition) is 5. The van der Waals surface area contributed by atoms with Crippen LogP contribution in [0.1, 0.15) is 60.3 Å². The van der Waals surface area contributed by atoms with Crippen molar-refractivity contribution in [3.05, 3.63) is 0 Å². The van der Waals surface area contributed by atoms with Crippen LogP contribution in [0, 0.1) is 28.6 Å². The fourth-order valence-corrected chi connectivity index (χ4v) is 5.55. The molecular weight excluding hydrogens is 438 g/mol. The third kappa shape index (κ3) is 4.90. The number of carbonyl (C=O) groups is 5. The first-order chi connectivity index (χ1) is 15.7. The maximum atomic E-state index is 13.7. The summed E-state index contributed by atoms with van der Waals surface area (Å²) in [7, 11) is 1.47. The molecule has 34 heavy (non-hydrogen) atoms. The Morgan fingerprint density at radius 3 is 2.18 bits per heavy atom. The lowest BCUT2D eigenvalue weighted by Crippen LogP contribution is -2.61. The molecule has 10 nitrogen and oxygen atoms in total. The molecule has 1 aliphatic heterocycles. The number of ketones is 1. The number of likely N-dealkylation sites (tertiary alicyclic amines) is 1. The quantitative estimate of drug-likeness (QED) is 0.376. The van der Waals surface area contributed by atoms with E-state index in [0.717, 1.165) is 19.3 Å². The zero-order valence-electron chi connectivity index (χ0n) is 21.1.